The number of carbonyl (C=O) groups is 2. The van der Waals surface area contributed by atoms with Crippen molar-refractivity contribution in [2.45, 2.75) is 25.8 Å². The van der Waals surface area contributed by atoms with Gasteiger partial charge in [-0.15, -0.1) is 0 Å². The van der Waals surface area contributed by atoms with Gasteiger partial charge in [-0.1, -0.05) is 18.2 Å². The van der Waals surface area contributed by atoms with Crippen molar-refractivity contribution in [1.82, 2.24) is 9.80 Å². The van der Waals surface area contributed by atoms with Gasteiger partial charge in [0.1, 0.15) is 5.75 Å². The molecule has 3 aliphatic heterocycles. The van der Waals surface area contributed by atoms with Gasteiger partial charge in [0.2, 0.25) is 0 Å². The summed E-state index contributed by atoms with van der Waals surface area (Å²) in [6.07, 6.45) is 3.29. The van der Waals surface area contributed by atoms with Crippen LogP contribution in [-0.2, 0) is 25.6 Å². The van der Waals surface area contributed by atoms with Gasteiger partial charge in [-0.3, -0.25) is 19.4 Å². The van der Waals surface area contributed by atoms with E-state index in [0.717, 1.165) is 90.7 Å². The third-order valence-corrected chi connectivity index (χ3v) is 6.79. The highest BCUT2D eigenvalue weighted by atomic mass is 16.5. The molecule has 1 aromatic rings. The molecular weight excluding hydrogens is 456 g/mol. The fraction of sp³-hybridized carbons (Fsp3) is 0.680. The lowest BCUT2D eigenvalue weighted by Gasteiger charge is -2.36. The molecule has 0 spiro atoms. The minimum Gasteiger partial charge on any atom is -0.493 e. The number of morpholine rings is 1. The molecule has 0 unspecified atom stereocenters. The normalized spacial score (nSPS) is 24.2. The van der Waals surface area contributed by atoms with Crippen LogP contribution < -0.4 is 4.74 Å². The number of rotatable bonds is 9. The molecule has 4 rings (SSSR count). The van der Waals surface area contributed by atoms with Crippen molar-refractivity contribution in [3.05, 3.63) is 29.8 Å². The first-order chi connectivity index (χ1) is 17.1. The molecular formula is C25H40N2O8. The van der Waals surface area contributed by atoms with Crippen molar-refractivity contribution in [3.63, 3.8) is 0 Å². The predicted octanol–water partition coefficient (Wildman–Crippen LogP) is 1.41. The molecule has 198 valence electrons. The van der Waals surface area contributed by atoms with Gasteiger partial charge in [-0.25, -0.2) is 0 Å². The first-order valence-electron chi connectivity index (χ1n) is 12.2. The van der Waals surface area contributed by atoms with Crippen LogP contribution in [0.1, 0.15) is 24.8 Å². The number of hydrogen-bond acceptors (Lipinski definition) is 8. The van der Waals surface area contributed by atoms with Crippen molar-refractivity contribution in [2.75, 3.05) is 72.4 Å². The average molecular weight is 497 g/mol. The smallest absolute Gasteiger partial charge is 0.290 e. The summed E-state index contributed by atoms with van der Waals surface area (Å²) in [7, 11) is 0. The Balaban J connectivity index is 0.000000655. The minimum absolute atomic E-state index is 0.0759. The number of aliphatic hydroxyl groups excluding tert-OH is 1. The number of aliphatic hydroxyl groups is 1. The molecule has 1 aromatic carbocycles. The number of benzene rings is 1. The van der Waals surface area contributed by atoms with Gasteiger partial charge in [-0.2, -0.15) is 0 Å². The van der Waals surface area contributed by atoms with Crippen molar-refractivity contribution in [2.24, 2.45) is 11.3 Å². The Hall–Kier alpha value is -2.24. The van der Waals surface area contributed by atoms with Gasteiger partial charge in [0.15, 0.2) is 0 Å². The van der Waals surface area contributed by atoms with Gasteiger partial charge in [0.05, 0.1) is 33.0 Å². The van der Waals surface area contributed by atoms with Crippen molar-refractivity contribution >= 4 is 12.9 Å². The molecule has 10 heteroatoms. The number of nitrogens with zero attached hydrogens (tertiary/aromatic N) is 2. The Morgan fingerprint density at radius 1 is 1.03 bits per heavy atom. The van der Waals surface area contributed by atoms with Gasteiger partial charge in [0.25, 0.3) is 12.9 Å². The highest BCUT2D eigenvalue weighted by Crippen LogP contribution is 2.41. The molecule has 3 saturated heterocycles. The van der Waals surface area contributed by atoms with E-state index in [4.69, 9.17) is 34.0 Å². The minimum atomic E-state index is -0.250. The summed E-state index contributed by atoms with van der Waals surface area (Å²) in [5.41, 5.74) is 1.17. The van der Waals surface area contributed by atoms with Crippen LogP contribution in [0.3, 0.4) is 0 Å². The Morgan fingerprint density at radius 3 is 2.43 bits per heavy atom. The lowest BCUT2D eigenvalue weighted by molar-refractivity contribution is -0.123. The maximum absolute atomic E-state index is 10.0. The van der Waals surface area contributed by atoms with E-state index in [1.165, 1.54) is 5.56 Å². The molecule has 3 fully saturated rings. The second-order valence-electron chi connectivity index (χ2n) is 9.06. The summed E-state index contributed by atoms with van der Waals surface area (Å²) < 4.78 is 17.3. The topological polar surface area (TPSA) is 129 Å². The third-order valence-electron chi connectivity index (χ3n) is 6.79. The molecule has 3 heterocycles. The zero-order chi connectivity index (χ0) is 25.4. The molecule has 3 aliphatic rings. The molecule has 0 bridgehead atoms. The highest BCUT2D eigenvalue weighted by Gasteiger charge is 2.48. The molecule has 0 aromatic heterocycles. The lowest BCUT2D eigenvalue weighted by Crippen LogP contribution is -2.42. The van der Waals surface area contributed by atoms with Crippen LogP contribution in [-0.4, -0.2) is 110 Å². The molecule has 35 heavy (non-hydrogen) atoms. The molecule has 0 amide bonds. The van der Waals surface area contributed by atoms with Gasteiger partial charge in [-0.05, 0) is 37.8 Å². The second-order valence-corrected chi connectivity index (χ2v) is 9.06. The molecule has 3 N–H and O–H groups in total. The summed E-state index contributed by atoms with van der Waals surface area (Å²) in [5, 5.41) is 23.8. The van der Waals surface area contributed by atoms with E-state index in [-0.39, 0.29) is 25.0 Å². The Labute approximate surface area is 207 Å². The largest absolute Gasteiger partial charge is 0.493 e. The Morgan fingerprint density at radius 2 is 1.74 bits per heavy atom. The van der Waals surface area contributed by atoms with E-state index >= 15 is 0 Å². The van der Waals surface area contributed by atoms with Crippen molar-refractivity contribution < 1.29 is 39.1 Å². The average Bonchev–Trinajstić information content (AvgIpc) is 3.25. The van der Waals surface area contributed by atoms with Crippen molar-refractivity contribution in [3.8, 4) is 5.75 Å². The van der Waals surface area contributed by atoms with Crippen LogP contribution in [0.5, 0.6) is 5.75 Å². The van der Waals surface area contributed by atoms with Gasteiger partial charge < -0.3 is 29.5 Å². The van der Waals surface area contributed by atoms with E-state index in [1.54, 1.807) is 0 Å². The van der Waals surface area contributed by atoms with E-state index in [0.29, 0.717) is 12.5 Å². The molecule has 10 nitrogen and oxygen atoms in total. The highest BCUT2D eigenvalue weighted by molar-refractivity contribution is 5.33. The summed E-state index contributed by atoms with van der Waals surface area (Å²) in [4.78, 5) is 21.7. The predicted molar refractivity (Wildman–Crippen MR) is 130 cm³/mol. The Bertz CT molecular complexity index is 725. The van der Waals surface area contributed by atoms with E-state index in [9.17, 15) is 5.11 Å². The number of para-hydroxylation sites is 1. The quantitative estimate of drug-likeness (QED) is 0.341. The van der Waals surface area contributed by atoms with E-state index in [2.05, 4.69) is 34.1 Å². The summed E-state index contributed by atoms with van der Waals surface area (Å²) >= 11 is 0. The van der Waals surface area contributed by atoms with Gasteiger partial charge >= 0.3 is 0 Å². The number of likely N-dealkylation sites (tertiary alicyclic amines) is 1. The summed E-state index contributed by atoms with van der Waals surface area (Å²) in [6.45, 7) is 9.79. The number of hydrogen-bond donors (Lipinski definition) is 3. The van der Waals surface area contributed by atoms with Crippen LogP contribution in [0.15, 0.2) is 24.3 Å². The zero-order valence-electron chi connectivity index (χ0n) is 20.4. The number of carboxylic acid groups (broad SMARTS) is 2. The van der Waals surface area contributed by atoms with Crippen LogP contribution in [0, 0.1) is 11.3 Å². The maximum atomic E-state index is 10.0. The fourth-order valence-corrected chi connectivity index (χ4v) is 5.01. The first-order valence-corrected chi connectivity index (χ1v) is 12.2. The molecule has 2 atom stereocenters. The summed E-state index contributed by atoms with van der Waals surface area (Å²) in [5.74, 6) is 1.54. The van der Waals surface area contributed by atoms with E-state index < -0.39 is 0 Å². The Kier molecular flexibility index (Phi) is 13.6. The lowest BCUT2D eigenvalue weighted by atomic mass is 9.76. The monoisotopic (exact) mass is 496 g/mol. The standard InChI is InChI=1S/C23H36N2O4.2CH2O2/c26-18-23-17-25(16-21(23)7-12-28-19-23)15-20-5-1-2-6-22(20)29-11-4-3-8-24-9-13-27-14-10-24;2*2-1-3/h1-2,5-6,21,26H,3-4,7-19H2;2*1H,(H,2,3)/t21-,23+;;/m0../s1. The first kappa shape index (κ1) is 29.0. The van der Waals surface area contributed by atoms with Crippen LogP contribution >= 0.6 is 0 Å². The van der Waals surface area contributed by atoms with Crippen molar-refractivity contribution in [1.29, 1.82) is 0 Å². The number of unbranched alkanes of at least 4 members (excludes halogenated alkanes) is 1. The third kappa shape index (κ3) is 9.38. The molecule has 0 saturated carbocycles. The number of ether oxygens (including phenoxy) is 3. The van der Waals surface area contributed by atoms with Gasteiger partial charge in [0, 0.05) is 50.3 Å². The van der Waals surface area contributed by atoms with Crippen LogP contribution in [0.2, 0.25) is 0 Å². The maximum Gasteiger partial charge on any atom is 0.290 e. The van der Waals surface area contributed by atoms with Crippen LogP contribution in [0.4, 0.5) is 0 Å². The van der Waals surface area contributed by atoms with Crippen LogP contribution in [0.25, 0.3) is 0 Å². The molecule has 0 aliphatic carbocycles. The van der Waals surface area contributed by atoms with E-state index in [1.807, 2.05) is 0 Å². The zero-order valence-corrected chi connectivity index (χ0v) is 20.4. The second kappa shape index (κ2) is 16.4. The summed E-state index contributed by atoms with van der Waals surface area (Å²) in [6, 6.07) is 8.41. The fourth-order valence-electron chi connectivity index (χ4n) is 5.01. The molecule has 0 radical (unpaired) electrons. The SMILES string of the molecule is O=CO.O=CO.OC[C@]12COCC[C@H]1CN(Cc1ccccc1OCCCCN1CCOCC1)C2. The number of fused-ring (bicyclic) bond motifs is 1.